The average molecular weight is 383 g/mol. The molecule has 3 atom stereocenters. The number of nitrogens with one attached hydrogen (secondary N) is 2. The number of fused-ring (bicyclic) bond motifs is 1. The van der Waals surface area contributed by atoms with Crippen molar-refractivity contribution < 1.29 is 14.4 Å². The highest BCUT2D eigenvalue weighted by molar-refractivity contribution is 6.05. The molecule has 0 spiro atoms. The summed E-state index contributed by atoms with van der Waals surface area (Å²) in [7, 11) is 0. The van der Waals surface area contributed by atoms with E-state index < -0.39 is 6.04 Å². The largest absolute Gasteiger partial charge is 0.322 e. The lowest BCUT2D eigenvalue weighted by Crippen LogP contribution is -2.52. The molecule has 4 rings (SSSR count). The quantitative estimate of drug-likeness (QED) is 0.764. The Labute approximate surface area is 166 Å². The van der Waals surface area contributed by atoms with Crippen LogP contribution in [0.3, 0.4) is 0 Å². The van der Waals surface area contributed by atoms with Crippen molar-refractivity contribution in [1.29, 1.82) is 0 Å². The van der Waals surface area contributed by atoms with E-state index in [-0.39, 0.29) is 24.1 Å². The third-order valence-electron chi connectivity index (χ3n) is 6.46. The standard InChI is InChI=1S/C22H29N3O3/c1-2-23-18-6-4-3-5-15(18)11-14-7-8-17-16(12-14)13-25(22(17)28)19-9-10-20(26)24-21(19)27/h7-8,12,15,18-19,23H,2-6,9-11,13H2,1H3,(H,24,26,27)/t15-,18+,19?/m1/s1. The number of hydrogen-bond donors (Lipinski definition) is 2. The van der Waals surface area contributed by atoms with Crippen molar-refractivity contribution >= 4 is 17.7 Å². The van der Waals surface area contributed by atoms with Gasteiger partial charge in [0.25, 0.3) is 5.91 Å². The molecule has 1 saturated heterocycles. The van der Waals surface area contributed by atoms with Crippen LogP contribution in [0.5, 0.6) is 0 Å². The van der Waals surface area contributed by atoms with Gasteiger partial charge in [0.05, 0.1) is 0 Å². The maximum Gasteiger partial charge on any atom is 0.255 e. The molecule has 1 saturated carbocycles. The summed E-state index contributed by atoms with van der Waals surface area (Å²) in [6.45, 7) is 3.62. The lowest BCUT2D eigenvalue weighted by atomic mass is 9.80. The Bertz CT molecular complexity index is 789. The molecule has 0 radical (unpaired) electrons. The number of carbonyl (C=O) groups excluding carboxylic acids is 3. The van der Waals surface area contributed by atoms with E-state index >= 15 is 0 Å². The van der Waals surface area contributed by atoms with E-state index in [1.165, 1.54) is 31.2 Å². The molecular weight excluding hydrogens is 354 g/mol. The maximum absolute atomic E-state index is 12.8. The lowest BCUT2D eigenvalue weighted by Gasteiger charge is -2.32. The molecule has 1 aromatic carbocycles. The smallest absolute Gasteiger partial charge is 0.255 e. The van der Waals surface area contributed by atoms with Crippen molar-refractivity contribution in [3.8, 4) is 0 Å². The minimum atomic E-state index is -0.544. The molecule has 2 aliphatic heterocycles. The molecule has 1 aliphatic carbocycles. The third kappa shape index (κ3) is 3.70. The van der Waals surface area contributed by atoms with Gasteiger partial charge in [-0.3, -0.25) is 19.7 Å². The van der Waals surface area contributed by atoms with Gasteiger partial charge in [-0.2, -0.15) is 0 Å². The number of piperidine rings is 1. The molecule has 2 N–H and O–H groups in total. The summed E-state index contributed by atoms with van der Waals surface area (Å²) in [5.74, 6) is -0.0712. The van der Waals surface area contributed by atoms with E-state index in [1.54, 1.807) is 4.90 Å². The van der Waals surface area contributed by atoms with Gasteiger partial charge in [-0.05, 0) is 55.3 Å². The van der Waals surface area contributed by atoms with Crippen molar-refractivity contribution in [2.24, 2.45) is 5.92 Å². The Morgan fingerprint density at radius 2 is 1.96 bits per heavy atom. The van der Waals surface area contributed by atoms with E-state index in [1.807, 2.05) is 6.07 Å². The van der Waals surface area contributed by atoms with Gasteiger partial charge in [-0.1, -0.05) is 31.9 Å². The molecule has 2 heterocycles. The van der Waals surface area contributed by atoms with Crippen LogP contribution in [0, 0.1) is 5.92 Å². The third-order valence-corrected chi connectivity index (χ3v) is 6.46. The molecule has 3 aliphatic rings. The van der Waals surface area contributed by atoms with Crippen molar-refractivity contribution in [2.75, 3.05) is 6.54 Å². The zero-order valence-corrected chi connectivity index (χ0v) is 16.5. The minimum Gasteiger partial charge on any atom is -0.322 e. The number of amides is 3. The molecular formula is C22H29N3O3. The number of carbonyl (C=O) groups is 3. The van der Waals surface area contributed by atoms with E-state index in [9.17, 15) is 14.4 Å². The van der Waals surface area contributed by atoms with Gasteiger partial charge in [-0.25, -0.2) is 0 Å². The first-order valence-electron chi connectivity index (χ1n) is 10.6. The summed E-state index contributed by atoms with van der Waals surface area (Å²) in [4.78, 5) is 38.0. The Balaban J connectivity index is 1.48. The zero-order valence-electron chi connectivity index (χ0n) is 16.5. The highest BCUT2D eigenvalue weighted by atomic mass is 16.2. The van der Waals surface area contributed by atoms with Gasteiger partial charge in [-0.15, -0.1) is 0 Å². The van der Waals surface area contributed by atoms with Crippen molar-refractivity contribution in [3.05, 3.63) is 34.9 Å². The molecule has 6 heteroatoms. The van der Waals surface area contributed by atoms with Crippen LogP contribution < -0.4 is 10.6 Å². The summed E-state index contributed by atoms with van der Waals surface area (Å²) in [5, 5.41) is 6.00. The van der Waals surface area contributed by atoms with Gasteiger partial charge in [0.1, 0.15) is 6.04 Å². The van der Waals surface area contributed by atoms with Gasteiger partial charge < -0.3 is 10.2 Å². The molecule has 2 fully saturated rings. The van der Waals surface area contributed by atoms with Gasteiger partial charge >= 0.3 is 0 Å². The number of rotatable bonds is 5. The highest BCUT2D eigenvalue weighted by Crippen LogP contribution is 2.31. The highest BCUT2D eigenvalue weighted by Gasteiger charge is 2.39. The van der Waals surface area contributed by atoms with Gasteiger partial charge in [0.2, 0.25) is 11.8 Å². The van der Waals surface area contributed by atoms with Crippen LogP contribution in [0.15, 0.2) is 18.2 Å². The predicted octanol–water partition coefficient (Wildman–Crippen LogP) is 2.16. The fraction of sp³-hybridized carbons (Fsp3) is 0.591. The average Bonchev–Trinajstić information content (AvgIpc) is 2.99. The van der Waals surface area contributed by atoms with E-state index in [0.29, 0.717) is 30.5 Å². The molecule has 28 heavy (non-hydrogen) atoms. The summed E-state index contributed by atoms with van der Waals surface area (Å²) in [5.41, 5.74) is 2.97. The molecule has 1 unspecified atom stereocenters. The fourth-order valence-corrected chi connectivity index (χ4v) is 5.04. The minimum absolute atomic E-state index is 0.0979. The van der Waals surface area contributed by atoms with Crippen LogP contribution in [0.25, 0.3) is 0 Å². The normalized spacial score (nSPS) is 27.7. The van der Waals surface area contributed by atoms with E-state index in [4.69, 9.17) is 0 Å². The van der Waals surface area contributed by atoms with Gasteiger partial charge in [0, 0.05) is 24.6 Å². The number of hydrogen-bond acceptors (Lipinski definition) is 4. The first kappa shape index (κ1) is 19.1. The van der Waals surface area contributed by atoms with Crippen LogP contribution in [0.2, 0.25) is 0 Å². The first-order chi connectivity index (χ1) is 13.6. The topological polar surface area (TPSA) is 78.5 Å². The number of benzene rings is 1. The Hall–Kier alpha value is -2.21. The zero-order chi connectivity index (χ0) is 19.7. The van der Waals surface area contributed by atoms with E-state index in [0.717, 1.165) is 18.5 Å². The van der Waals surface area contributed by atoms with Crippen LogP contribution in [-0.2, 0) is 22.6 Å². The van der Waals surface area contributed by atoms with Crippen LogP contribution >= 0.6 is 0 Å². The van der Waals surface area contributed by atoms with Crippen molar-refractivity contribution in [2.45, 2.75) is 70.5 Å². The van der Waals surface area contributed by atoms with Crippen LogP contribution in [0.1, 0.15) is 66.9 Å². The monoisotopic (exact) mass is 383 g/mol. The van der Waals surface area contributed by atoms with Crippen molar-refractivity contribution in [3.63, 3.8) is 0 Å². The van der Waals surface area contributed by atoms with Crippen LogP contribution in [-0.4, -0.2) is 41.2 Å². The second kappa shape index (κ2) is 8.03. The van der Waals surface area contributed by atoms with E-state index in [2.05, 4.69) is 29.7 Å². The predicted molar refractivity (Wildman–Crippen MR) is 106 cm³/mol. The summed E-state index contributed by atoms with van der Waals surface area (Å²) < 4.78 is 0. The first-order valence-corrected chi connectivity index (χ1v) is 10.6. The lowest BCUT2D eigenvalue weighted by molar-refractivity contribution is -0.136. The second-order valence-electron chi connectivity index (χ2n) is 8.30. The molecule has 3 amide bonds. The number of imide groups is 1. The molecule has 6 nitrogen and oxygen atoms in total. The fourth-order valence-electron chi connectivity index (χ4n) is 5.04. The summed E-state index contributed by atoms with van der Waals surface area (Å²) >= 11 is 0. The van der Waals surface area contributed by atoms with Crippen LogP contribution in [0.4, 0.5) is 0 Å². The second-order valence-corrected chi connectivity index (χ2v) is 8.30. The Kier molecular flexibility index (Phi) is 5.49. The Morgan fingerprint density at radius 3 is 2.75 bits per heavy atom. The molecule has 1 aromatic rings. The molecule has 0 bridgehead atoms. The SMILES string of the molecule is CCN[C@H]1CCCC[C@@H]1Cc1ccc2c(c1)CN(C1CCC(=O)NC1=O)C2=O. The maximum atomic E-state index is 12.8. The Morgan fingerprint density at radius 1 is 1.14 bits per heavy atom. The van der Waals surface area contributed by atoms with Gasteiger partial charge in [0.15, 0.2) is 0 Å². The number of nitrogens with zero attached hydrogens (tertiary/aromatic N) is 1. The molecule has 150 valence electrons. The summed E-state index contributed by atoms with van der Waals surface area (Å²) in [6, 6.07) is 6.18. The van der Waals surface area contributed by atoms with Crippen molar-refractivity contribution in [1.82, 2.24) is 15.5 Å². The summed E-state index contributed by atoms with van der Waals surface area (Å²) in [6.07, 6.45) is 6.80. The molecule has 0 aromatic heterocycles.